The standard InChI is InChI=1S/C15H22N2O2/c1-15(2,3)19-14(18)17-10-6-8-12(16)11-7-4-5-9-13(11)17/h4-5,7,9,12H,6,8,10,16H2,1-3H3. The van der Waals surface area contributed by atoms with Crippen LogP contribution in [-0.2, 0) is 4.74 Å². The number of nitrogens with two attached hydrogens (primary N) is 1. The molecule has 1 aliphatic heterocycles. The smallest absolute Gasteiger partial charge is 0.414 e. The SMILES string of the molecule is CC(C)(C)OC(=O)N1CCCC(N)c2ccccc21. The number of ether oxygens (including phenoxy) is 1. The summed E-state index contributed by atoms with van der Waals surface area (Å²) in [5.41, 5.74) is 7.57. The van der Waals surface area contributed by atoms with Gasteiger partial charge in [0.15, 0.2) is 0 Å². The van der Waals surface area contributed by atoms with Gasteiger partial charge >= 0.3 is 6.09 Å². The second-order valence-electron chi connectivity index (χ2n) is 5.94. The Bertz CT molecular complexity index is 465. The first-order chi connectivity index (χ1) is 8.88. The van der Waals surface area contributed by atoms with Gasteiger partial charge in [-0.1, -0.05) is 18.2 Å². The molecular weight excluding hydrogens is 240 g/mol. The summed E-state index contributed by atoms with van der Waals surface area (Å²) in [6.45, 7) is 6.28. The minimum Gasteiger partial charge on any atom is -0.443 e. The summed E-state index contributed by atoms with van der Waals surface area (Å²) >= 11 is 0. The van der Waals surface area contributed by atoms with Gasteiger partial charge in [0.05, 0.1) is 5.69 Å². The Morgan fingerprint density at radius 2 is 2.05 bits per heavy atom. The molecule has 1 amide bonds. The van der Waals surface area contributed by atoms with E-state index in [-0.39, 0.29) is 12.1 Å². The predicted molar refractivity (Wildman–Crippen MR) is 76.2 cm³/mol. The molecule has 104 valence electrons. The van der Waals surface area contributed by atoms with Crippen LogP contribution in [0.25, 0.3) is 0 Å². The van der Waals surface area contributed by atoms with E-state index in [2.05, 4.69) is 0 Å². The van der Waals surface area contributed by atoms with Crippen molar-refractivity contribution in [3.05, 3.63) is 29.8 Å². The number of hydrogen-bond donors (Lipinski definition) is 1. The van der Waals surface area contributed by atoms with Crippen LogP contribution in [-0.4, -0.2) is 18.2 Å². The third-order valence-electron chi connectivity index (χ3n) is 3.14. The molecule has 0 saturated heterocycles. The van der Waals surface area contributed by atoms with Crippen molar-refractivity contribution in [3.8, 4) is 0 Å². The largest absolute Gasteiger partial charge is 0.443 e. The Kier molecular flexibility index (Phi) is 3.80. The Labute approximate surface area is 114 Å². The van der Waals surface area contributed by atoms with Crippen LogP contribution in [0.2, 0.25) is 0 Å². The highest BCUT2D eigenvalue weighted by Crippen LogP contribution is 2.32. The highest BCUT2D eigenvalue weighted by molar-refractivity contribution is 5.89. The minimum atomic E-state index is -0.486. The maximum atomic E-state index is 12.3. The maximum Gasteiger partial charge on any atom is 0.414 e. The van der Waals surface area contributed by atoms with Gasteiger partial charge in [-0.3, -0.25) is 4.90 Å². The van der Waals surface area contributed by atoms with E-state index in [1.165, 1.54) is 0 Å². The number of fused-ring (bicyclic) bond motifs is 1. The molecule has 0 fully saturated rings. The molecule has 2 N–H and O–H groups in total. The fraction of sp³-hybridized carbons (Fsp3) is 0.533. The number of amides is 1. The third-order valence-corrected chi connectivity index (χ3v) is 3.14. The van der Waals surface area contributed by atoms with Crippen LogP contribution in [0.1, 0.15) is 45.2 Å². The fourth-order valence-corrected chi connectivity index (χ4v) is 2.30. The first kappa shape index (κ1) is 13.9. The third kappa shape index (κ3) is 3.26. The molecular formula is C15H22N2O2. The molecule has 1 aliphatic rings. The number of hydrogen-bond acceptors (Lipinski definition) is 3. The normalized spacial score (nSPS) is 19.6. The van der Waals surface area contributed by atoms with Crippen LogP contribution < -0.4 is 10.6 Å². The molecule has 1 atom stereocenters. The summed E-state index contributed by atoms with van der Waals surface area (Å²) < 4.78 is 5.47. The van der Waals surface area contributed by atoms with Crippen LogP contribution in [0.15, 0.2) is 24.3 Å². The highest BCUT2D eigenvalue weighted by Gasteiger charge is 2.28. The van der Waals surface area contributed by atoms with Gasteiger partial charge in [0, 0.05) is 12.6 Å². The van der Waals surface area contributed by atoms with Crippen LogP contribution >= 0.6 is 0 Å². The monoisotopic (exact) mass is 262 g/mol. The number of carbonyl (C=O) groups is 1. The molecule has 0 radical (unpaired) electrons. The van der Waals surface area contributed by atoms with Gasteiger partial charge in [0.25, 0.3) is 0 Å². The summed E-state index contributed by atoms with van der Waals surface area (Å²) in [6, 6.07) is 7.79. The molecule has 0 aliphatic carbocycles. The molecule has 19 heavy (non-hydrogen) atoms. The molecule has 4 nitrogen and oxygen atoms in total. The molecule has 2 rings (SSSR count). The number of benzene rings is 1. The number of anilines is 1. The van der Waals surface area contributed by atoms with Gasteiger partial charge in [0.2, 0.25) is 0 Å². The molecule has 4 heteroatoms. The van der Waals surface area contributed by atoms with Gasteiger partial charge in [-0.15, -0.1) is 0 Å². The molecule has 1 unspecified atom stereocenters. The van der Waals surface area contributed by atoms with Gasteiger partial charge in [-0.25, -0.2) is 4.79 Å². The van der Waals surface area contributed by atoms with E-state index in [9.17, 15) is 4.79 Å². The average molecular weight is 262 g/mol. The molecule has 1 aromatic rings. The van der Waals surface area contributed by atoms with Crippen molar-refractivity contribution in [3.63, 3.8) is 0 Å². The van der Waals surface area contributed by atoms with E-state index in [0.29, 0.717) is 6.54 Å². The molecule has 0 aromatic heterocycles. The first-order valence-corrected chi connectivity index (χ1v) is 6.73. The summed E-state index contributed by atoms with van der Waals surface area (Å²) in [5, 5.41) is 0. The van der Waals surface area contributed by atoms with Crippen LogP contribution in [0, 0.1) is 0 Å². The van der Waals surface area contributed by atoms with Gasteiger partial charge in [-0.05, 0) is 45.2 Å². The molecule has 0 bridgehead atoms. The minimum absolute atomic E-state index is 0.0105. The second-order valence-corrected chi connectivity index (χ2v) is 5.94. The summed E-state index contributed by atoms with van der Waals surface area (Å²) in [7, 11) is 0. The zero-order chi connectivity index (χ0) is 14.0. The van der Waals surface area contributed by atoms with Gasteiger partial charge in [0.1, 0.15) is 5.60 Å². The molecule has 1 heterocycles. The van der Waals surface area contributed by atoms with Crippen molar-refractivity contribution in [1.29, 1.82) is 0 Å². The van der Waals surface area contributed by atoms with Crippen LogP contribution in [0.5, 0.6) is 0 Å². The molecule has 0 saturated carbocycles. The number of rotatable bonds is 0. The van der Waals surface area contributed by atoms with E-state index < -0.39 is 5.60 Å². The van der Waals surface area contributed by atoms with Crippen molar-refractivity contribution < 1.29 is 9.53 Å². The van der Waals surface area contributed by atoms with Gasteiger partial charge < -0.3 is 10.5 Å². The van der Waals surface area contributed by atoms with Crippen molar-refractivity contribution >= 4 is 11.8 Å². The van der Waals surface area contributed by atoms with Gasteiger partial charge in [-0.2, -0.15) is 0 Å². The summed E-state index contributed by atoms with van der Waals surface area (Å²) in [5.74, 6) is 0. The zero-order valence-electron chi connectivity index (χ0n) is 11.8. The van der Waals surface area contributed by atoms with Crippen LogP contribution in [0.4, 0.5) is 10.5 Å². The molecule has 1 aromatic carbocycles. The quantitative estimate of drug-likeness (QED) is 0.781. The van der Waals surface area contributed by atoms with Crippen molar-refractivity contribution in [2.24, 2.45) is 5.73 Å². The lowest BCUT2D eigenvalue weighted by molar-refractivity contribution is 0.0580. The predicted octanol–water partition coefficient (Wildman–Crippen LogP) is 3.22. The number of nitrogens with zero attached hydrogens (tertiary/aromatic N) is 1. The Balaban J connectivity index is 2.31. The van der Waals surface area contributed by atoms with E-state index in [4.69, 9.17) is 10.5 Å². The van der Waals surface area contributed by atoms with Crippen molar-refractivity contribution in [2.45, 2.75) is 45.3 Å². The van der Waals surface area contributed by atoms with E-state index in [1.807, 2.05) is 45.0 Å². The van der Waals surface area contributed by atoms with E-state index in [0.717, 1.165) is 24.1 Å². The lowest BCUT2D eigenvalue weighted by Crippen LogP contribution is -2.37. The van der Waals surface area contributed by atoms with E-state index in [1.54, 1.807) is 4.90 Å². The van der Waals surface area contributed by atoms with Crippen molar-refractivity contribution in [1.82, 2.24) is 0 Å². The number of para-hydroxylation sites is 1. The topological polar surface area (TPSA) is 55.6 Å². The summed E-state index contributed by atoms with van der Waals surface area (Å²) in [4.78, 5) is 14.0. The van der Waals surface area contributed by atoms with Crippen molar-refractivity contribution in [2.75, 3.05) is 11.4 Å². The van der Waals surface area contributed by atoms with Crippen LogP contribution in [0.3, 0.4) is 0 Å². The summed E-state index contributed by atoms with van der Waals surface area (Å²) in [6.07, 6.45) is 1.47. The Morgan fingerprint density at radius 3 is 2.74 bits per heavy atom. The fourth-order valence-electron chi connectivity index (χ4n) is 2.30. The highest BCUT2D eigenvalue weighted by atomic mass is 16.6. The molecule has 0 spiro atoms. The first-order valence-electron chi connectivity index (χ1n) is 6.73. The lowest BCUT2D eigenvalue weighted by Gasteiger charge is -2.27. The lowest BCUT2D eigenvalue weighted by atomic mass is 10.0. The second kappa shape index (κ2) is 5.21. The Hall–Kier alpha value is -1.55. The number of carbonyl (C=O) groups excluding carboxylic acids is 1. The Morgan fingerprint density at radius 1 is 1.37 bits per heavy atom. The van der Waals surface area contributed by atoms with E-state index >= 15 is 0 Å². The maximum absolute atomic E-state index is 12.3. The average Bonchev–Trinajstić information content (AvgIpc) is 2.47. The zero-order valence-corrected chi connectivity index (χ0v) is 11.8.